The molecule has 0 saturated carbocycles. The standard InChI is InChI=1S/C24H25FN4O/c1-3-29(20-8-6-7-17(2)15-20)23-21(24(30)28-13-4-5-14-28)16-26-22(27-23)18-9-11-19(25)12-10-18/h6-12,15-16H,3-5,13-14H2,1-2H3. The molecule has 1 aliphatic heterocycles. The second kappa shape index (κ2) is 8.61. The SMILES string of the molecule is CCN(c1cccc(C)c1)c1nc(-c2ccc(F)cc2)ncc1C(=O)N1CCCC1. The first-order chi connectivity index (χ1) is 14.6. The van der Waals surface area contributed by atoms with Gasteiger partial charge in [0, 0.05) is 37.1 Å². The number of aryl methyl sites for hydroxylation is 1. The number of rotatable bonds is 5. The van der Waals surface area contributed by atoms with Crippen LogP contribution in [0.4, 0.5) is 15.9 Å². The van der Waals surface area contributed by atoms with E-state index in [9.17, 15) is 9.18 Å². The lowest BCUT2D eigenvalue weighted by Gasteiger charge is -2.26. The van der Waals surface area contributed by atoms with Crippen molar-refractivity contribution in [2.75, 3.05) is 24.5 Å². The first-order valence-electron chi connectivity index (χ1n) is 10.3. The summed E-state index contributed by atoms with van der Waals surface area (Å²) in [6, 6.07) is 14.2. The second-order valence-electron chi connectivity index (χ2n) is 7.52. The van der Waals surface area contributed by atoms with Crippen molar-refractivity contribution in [1.82, 2.24) is 14.9 Å². The fourth-order valence-electron chi connectivity index (χ4n) is 3.81. The molecule has 4 rings (SSSR count). The number of amides is 1. The summed E-state index contributed by atoms with van der Waals surface area (Å²) in [6.45, 7) is 6.23. The molecule has 0 atom stereocenters. The first kappa shape index (κ1) is 20.0. The summed E-state index contributed by atoms with van der Waals surface area (Å²) in [4.78, 5) is 26.4. The Kier molecular flexibility index (Phi) is 5.74. The fraction of sp³-hybridized carbons (Fsp3) is 0.292. The monoisotopic (exact) mass is 404 g/mol. The Balaban J connectivity index is 1.83. The summed E-state index contributed by atoms with van der Waals surface area (Å²) in [6.07, 6.45) is 3.65. The maximum absolute atomic E-state index is 13.4. The van der Waals surface area contributed by atoms with Gasteiger partial charge in [-0.15, -0.1) is 0 Å². The average molecular weight is 404 g/mol. The van der Waals surface area contributed by atoms with Crippen LogP contribution < -0.4 is 4.90 Å². The number of benzene rings is 2. The number of carbonyl (C=O) groups is 1. The Labute approximate surface area is 176 Å². The predicted molar refractivity (Wildman–Crippen MR) is 116 cm³/mol. The molecule has 1 aromatic heterocycles. The zero-order valence-corrected chi connectivity index (χ0v) is 17.3. The van der Waals surface area contributed by atoms with E-state index in [-0.39, 0.29) is 11.7 Å². The number of anilines is 2. The van der Waals surface area contributed by atoms with Gasteiger partial charge in [0.05, 0.1) is 0 Å². The minimum Gasteiger partial charge on any atom is -0.338 e. The number of carbonyl (C=O) groups excluding carboxylic acids is 1. The van der Waals surface area contributed by atoms with Crippen molar-refractivity contribution >= 4 is 17.4 Å². The molecule has 0 bridgehead atoms. The lowest BCUT2D eigenvalue weighted by atomic mass is 10.1. The summed E-state index contributed by atoms with van der Waals surface area (Å²) >= 11 is 0. The number of nitrogens with zero attached hydrogens (tertiary/aromatic N) is 4. The van der Waals surface area contributed by atoms with E-state index in [4.69, 9.17) is 4.98 Å². The molecular weight excluding hydrogens is 379 g/mol. The summed E-state index contributed by atoms with van der Waals surface area (Å²) in [7, 11) is 0. The normalized spacial score (nSPS) is 13.5. The van der Waals surface area contributed by atoms with E-state index in [2.05, 4.69) is 11.1 Å². The van der Waals surface area contributed by atoms with Crippen LogP contribution in [0.5, 0.6) is 0 Å². The van der Waals surface area contributed by atoms with Crippen LogP contribution in [0, 0.1) is 12.7 Å². The van der Waals surface area contributed by atoms with Gasteiger partial charge < -0.3 is 9.80 Å². The van der Waals surface area contributed by atoms with Crippen molar-refractivity contribution in [1.29, 1.82) is 0 Å². The summed E-state index contributed by atoms with van der Waals surface area (Å²) < 4.78 is 13.4. The molecule has 3 aromatic rings. The minimum absolute atomic E-state index is 0.0424. The molecule has 1 aliphatic rings. The van der Waals surface area contributed by atoms with Gasteiger partial charge in [-0.25, -0.2) is 14.4 Å². The number of likely N-dealkylation sites (tertiary alicyclic amines) is 1. The molecular formula is C24H25FN4O. The van der Waals surface area contributed by atoms with Crippen molar-refractivity contribution in [3.8, 4) is 11.4 Å². The molecule has 1 fully saturated rings. The third-order valence-corrected chi connectivity index (χ3v) is 5.38. The molecule has 5 nitrogen and oxygen atoms in total. The van der Waals surface area contributed by atoms with E-state index in [1.807, 2.05) is 41.8 Å². The lowest BCUT2D eigenvalue weighted by molar-refractivity contribution is 0.0793. The molecule has 0 aliphatic carbocycles. The number of hydrogen-bond acceptors (Lipinski definition) is 4. The molecule has 30 heavy (non-hydrogen) atoms. The third kappa shape index (κ3) is 4.03. The molecule has 0 N–H and O–H groups in total. The van der Waals surface area contributed by atoms with Crippen LogP contribution in [-0.2, 0) is 0 Å². The zero-order chi connectivity index (χ0) is 21.1. The topological polar surface area (TPSA) is 49.3 Å². The number of hydrogen-bond donors (Lipinski definition) is 0. The molecule has 0 unspecified atom stereocenters. The molecule has 1 amide bonds. The summed E-state index contributed by atoms with van der Waals surface area (Å²) in [5, 5.41) is 0. The van der Waals surface area contributed by atoms with Gasteiger partial charge in [0.1, 0.15) is 17.2 Å². The predicted octanol–water partition coefficient (Wildman–Crippen LogP) is 4.99. The zero-order valence-electron chi connectivity index (χ0n) is 17.3. The molecule has 0 spiro atoms. The first-order valence-corrected chi connectivity index (χ1v) is 10.3. The Bertz CT molecular complexity index is 1050. The highest BCUT2D eigenvalue weighted by Crippen LogP contribution is 2.30. The Morgan fingerprint density at radius 1 is 1.13 bits per heavy atom. The average Bonchev–Trinajstić information content (AvgIpc) is 3.29. The van der Waals surface area contributed by atoms with Gasteiger partial charge in [0.2, 0.25) is 0 Å². The van der Waals surface area contributed by atoms with Crippen LogP contribution >= 0.6 is 0 Å². The number of aromatic nitrogens is 2. The van der Waals surface area contributed by atoms with E-state index in [1.165, 1.54) is 12.1 Å². The molecule has 2 heterocycles. The van der Waals surface area contributed by atoms with Gasteiger partial charge in [-0.1, -0.05) is 12.1 Å². The maximum atomic E-state index is 13.4. The van der Waals surface area contributed by atoms with Crippen LogP contribution in [0.3, 0.4) is 0 Å². The van der Waals surface area contributed by atoms with Gasteiger partial charge in [-0.05, 0) is 68.7 Å². The van der Waals surface area contributed by atoms with Crippen LogP contribution in [0.25, 0.3) is 11.4 Å². The lowest BCUT2D eigenvalue weighted by Crippen LogP contribution is -2.30. The summed E-state index contributed by atoms with van der Waals surface area (Å²) in [5.74, 6) is 0.692. The van der Waals surface area contributed by atoms with E-state index in [1.54, 1.807) is 18.3 Å². The Hall–Kier alpha value is -3.28. The smallest absolute Gasteiger partial charge is 0.259 e. The number of halogens is 1. The fourth-order valence-corrected chi connectivity index (χ4v) is 3.81. The van der Waals surface area contributed by atoms with Gasteiger partial charge >= 0.3 is 0 Å². The highest BCUT2D eigenvalue weighted by atomic mass is 19.1. The highest BCUT2D eigenvalue weighted by Gasteiger charge is 2.26. The molecule has 2 aromatic carbocycles. The van der Waals surface area contributed by atoms with E-state index in [0.717, 1.165) is 37.2 Å². The van der Waals surface area contributed by atoms with E-state index in [0.29, 0.717) is 29.3 Å². The van der Waals surface area contributed by atoms with E-state index < -0.39 is 0 Å². The second-order valence-corrected chi connectivity index (χ2v) is 7.52. The quantitative estimate of drug-likeness (QED) is 0.601. The highest BCUT2D eigenvalue weighted by molar-refractivity contribution is 5.99. The van der Waals surface area contributed by atoms with Crippen molar-refractivity contribution in [2.45, 2.75) is 26.7 Å². The minimum atomic E-state index is -0.310. The van der Waals surface area contributed by atoms with Gasteiger partial charge in [-0.3, -0.25) is 4.79 Å². The van der Waals surface area contributed by atoms with Crippen molar-refractivity contribution in [3.05, 3.63) is 71.7 Å². The molecule has 154 valence electrons. The largest absolute Gasteiger partial charge is 0.338 e. The van der Waals surface area contributed by atoms with Crippen LogP contribution in [0.1, 0.15) is 35.7 Å². The third-order valence-electron chi connectivity index (χ3n) is 5.38. The Morgan fingerprint density at radius 2 is 1.87 bits per heavy atom. The summed E-state index contributed by atoms with van der Waals surface area (Å²) in [5.41, 5.74) is 3.30. The van der Waals surface area contributed by atoms with Crippen molar-refractivity contribution in [2.24, 2.45) is 0 Å². The maximum Gasteiger partial charge on any atom is 0.259 e. The van der Waals surface area contributed by atoms with Crippen LogP contribution in [-0.4, -0.2) is 40.4 Å². The van der Waals surface area contributed by atoms with Gasteiger partial charge in [0.15, 0.2) is 5.82 Å². The molecule has 1 saturated heterocycles. The van der Waals surface area contributed by atoms with Crippen molar-refractivity contribution in [3.63, 3.8) is 0 Å². The van der Waals surface area contributed by atoms with Gasteiger partial charge in [-0.2, -0.15) is 0 Å². The molecule has 0 radical (unpaired) electrons. The van der Waals surface area contributed by atoms with Gasteiger partial charge in [0.25, 0.3) is 5.91 Å². The van der Waals surface area contributed by atoms with E-state index >= 15 is 0 Å². The van der Waals surface area contributed by atoms with Crippen molar-refractivity contribution < 1.29 is 9.18 Å². The van der Waals surface area contributed by atoms with Crippen LogP contribution in [0.2, 0.25) is 0 Å². The molecule has 6 heteroatoms. The Morgan fingerprint density at radius 3 is 2.53 bits per heavy atom. The van der Waals surface area contributed by atoms with Crippen LogP contribution in [0.15, 0.2) is 54.7 Å².